The molecule has 170 valence electrons. The summed E-state index contributed by atoms with van der Waals surface area (Å²) in [7, 11) is -2.31. The Bertz CT molecular complexity index is 848. The van der Waals surface area contributed by atoms with E-state index in [-0.39, 0.29) is 29.2 Å². The zero-order valence-electron chi connectivity index (χ0n) is 18.8. The van der Waals surface area contributed by atoms with E-state index < -0.39 is 16.1 Å². The number of hydrogen-bond acceptors (Lipinski definition) is 5. The third-order valence-corrected chi connectivity index (χ3v) is 8.79. The molecule has 0 fully saturated rings. The molecule has 0 bridgehead atoms. The third kappa shape index (κ3) is 7.82. The molecular formula is C20H34Cl2N2O4Si2. The number of rotatable bonds is 12. The fourth-order valence-corrected chi connectivity index (χ4v) is 4.50. The van der Waals surface area contributed by atoms with Gasteiger partial charge in [-0.25, -0.2) is 4.98 Å². The van der Waals surface area contributed by atoms with Gasteiger partial charge in [-0.15, -0.1) is 0 Å². The van der Waals surface area contributed by atoms with Crippen LogP contribution in [0.4, 0.5) is 0 Å². The van der Waals surface area contributed by atoms with Gasteiger partial charge in [0.1, 0.15) is 36.5 Å². The zero-order chi connectivity index (χ0) is 22.5. The van der Waals surface area contributed by atoms with Crippen LogP contribution in [-0.2, 0) is 27.5 Å². The Hall–Kier alpha value is -0.616. The predicted molar refractivity (Wildman–Crippen MR) is 129 cm³/mol. The number of imidazole rings is 1. The number of aromatic hydroxyl groups is 1. The molecule has 0 radical (unpaired) electrons. The van der Waals surface area contributed by atoms with Gasteiger partial charge in [-0.3, -0.25) is 0 Å². The van der Waals surface area contributed by atoms with Gasteiger partial charge in [0.15, 0.2) is 5.75 Å². The van der Waals surface area contributed by atoms with Crippen molar-refractivity contribution in [1.82, 2.24) is 9.55 Å². The SMILES string of the molecule is C[Si](C)(C)CCOCOCc1nc2c(O)c(Cl)c(Cl)cc2n1COCC[Si](C)(C)C. The van der Waals surface area contributed by atoms with Crippen LogP contribution in [0.25, 0.3) is 11.0 Å². The molecule has 2 rings (SSSR count). The van der Waals surface area contributed by atoms with Crippen LogP contribution in [0.5, 0.6) is 5.75 Å². The van der Waals surface area contributed by atoms with Crippen molar-refractivity contribution in [2.45, 2.75) is 64.7 Å². The van der Waals surface area contributed by atoms with Gasteiger partial charge in [-0.1, -0.05) is 62.5 Å². The molecule has 0 atom stereocenters. The summed E-state index contributed by atoms with van der Waals surface area (Å²) >= 11 is 12.3. The van der Waals surface area contributed by atoms with Crippen molar-refractivity contribution in [3.8, 4) is 5.75 Å². The van der Waals surface area contributed by atoms with E-state index in [4.69, 9.17) is 37.4 Å². The lowest BCUT2D eigenvalue weighted by Crippen LogP contribution is -2.22. The molecule has 6 nitrogen and oxygen atoms in total. The van der Waals surface area contributed by atoms with E-state index in [1.165, 1.54) is 0 Å². The molecule has 0 aliphatic rings. The Morgan fingerprint density at radius 2 is 1.57 bits per heavy atom. The van der Waals surface area contributed by atoms with E-state index in [0.717, 1.165) is 12.1 Å². The van der Waals surface area contributed by atoms with E-state index in [9.17, 15) is 5.11 Å². The number of phenolic OH excluding ortho intramolecular Hbond substituents is 1. The first-order valence-corrected chi connectivity index (χ1v) is 18.4. The molecule has 2 aromatic rings. The first kappa shape index (κ1) is 25.6. The maximum Gasteiger partial charge on any atom is 0.163 e. The van der Waals surface area contributed by atoms with E-state index >= 15 is 0 Å². The summed E-state index contributed by atoms with van der Waals surface area (Å²) in [5.74, 6) is 0.494. The Labute approximate surface area is 191 Å². The standard InChI is InChI=1S/C20H34Cl2N2O4Si2/c1-29(2,3)9-7-26-13-24-16-11-15(21)18(22)20(25)19(16)23-17(24)12-28-14-27-8-10-30(4,5)6/h11,25H,7-10,12-14H2,1-6H3. The largest absolute Gasteiger partial charge is 0.504 e. The maximum atomic E-state index is 10.4. The summed E-state index contributed by atoms with van der Waals surface area (Å²) in [6.07, 6.45) is 0. The number of nitrogens with zero attached hydrogens (tertiary/aromatic N) is 2. The summed E-state index contributed by atoms with van der Waals surface area (Å²) in [6, 6.07) is 3.85. The minimum Gasteiger partial charge on any atom is -0.504 e. The van der Waals surface area contributed by atoms with Crippen LogP contribution in [0.3, 0.4) is 0 Å². The predicted octanol–water partition coefficient (Wildman–Crippen LogP) is 6.19. The molecular weight excluding hydrogens is 459 g/mol. The third-order valence-electron chi connectivity index (χ3n) is 4.60. The van der Waals surface area contributed by atoms with Crippen molar-refractivity contribution in [1.29, 1.82) is 0 Å². The first-order chi connectivity index (χ1) is 13.9. The molecule has 0 amide bonds. The number of hydrogen-bond donors (Lipinski definition) is 1. The molecule has 0 unspecified atom stereocenters. The highest BCUT2D eigenvalue weighted by Crippen LogP contribution is 2.38. The summed E-state index contributed by atoms with van der Waals surface area (Å²) in [6.45, 7) is 15.9. The van der Waals surface area contributed by atoms with Crippen molar-refractivity contribution in [2.24, 2.45) is 0 Å². The average molecular weight is 494 g/mol. The number of halogens is 2. The molecule has 0 saturated heterocycles. The van der Waals surface area contributed by atoms with Crippen LogP contribution in [0, 0.1) is 0 Å². The minimum absolute atomic E-state index is 0.0932. The van der Waals surface area contributed by atoms with Gasteiger partial charge < -0.3 is 23.9 Å². The topological polar surface area (TPSA) is 65.7 Å². The minimum atomic E-state index is -1.19. The van der Waals surface area contributed by atoms with Crippen LogP contribution >= 0.6 is 23.2 Å². The molecule has 0 aliphatic heterocycles. The van der Waals surface area contributed by atoms with Gasteiger partial charge in [0, 0.05) is 29.4 Å². The lowest BCUT2D eigenvalue weighted by Gasteiger charge is -2.17. The Kier molecular flexibility index (Phi) is 9.24. The summed E-state index contributed by atoms with van der Waals surface area (Å²) in [4.78, 5) is 4.52. The normalized spacial score (nSPS) is 12.8. The van der Waals surface area contributed by atoms with Gasteiger partial charge in [0.25, 0.3) is 0 Å². The van der Waals surface area contributed by atoms with Crippen LogP contribution in [0.2, 0.25) is 61.4 Å². The molecule has 1 aromatic carbocycles. The Morgan fingerprint density at radius 3 is 2.17 bits per heavy atom. The molecule has 0 aliphatic carbocycles. The molecule has 1 N–H and O–H groups in total. The van der Waals surface area contributed by atoms with E-state index in [2.05, 4.69) is 44.3 Å². The van der Waals surface area contributed by atoms with Gasteiger partial charge in [-0.05, 0) is 18.2 Å². The van der Waals surface area contributed by atoms with Crippen molar-refractivity contribution < 1.29 is 19.3 Å². The molecule has 10 heteroatoms. The molecule has 1 heterocycles. The summed E-state index contributed by atoms with van der Waals surface area (Å²) in [5, 5.41) is 10.7. The van der Waals surface area contributed by atoms with Crippen molar-refractivity contribution in [2.75, 3.05) is 20.0 Å². The average Bonchev–Trinajstić information content (AvgIpc) is 2.95. The maximum absolute atomic E-state index is 10.4. The molecule has 0 spiro atoms. The zero-order valence-corrected chi connectivity index (χ0v) is 22.4. The number of aromatic nitrogens is 2. The van der Waals surface area contributed by atoms with Crippen LogP contribution < -0.4 is 0 Å². The van der Waals surface area contributed by atoms with Gasteiger partial charge >= 0.3 is 0 Å². The molecule has 0 saturated carbocycles. The smallest absolute Gasteiger partial charge is 0.163 e. The molecule has 1 aromatic heterocycles. The highest BCUT2D eigenvalue weighted by atomic mass is 35.5. The quantitative estimate of drug-likeness (QED) is 0.217. The van der Waals surface area contributed by atoms with Crippen LogP contribution in [-0.4, -0.2) is 50.8 Å². The lowest BCUT2D eigenvalue weighted by atomic mass is 10.3. The highest BCUT2D eigenvalue weighted by Gasteiger charge is 2.19. The number of benzene rings is 1. The number of ether oxygens (including phenoxy) is 3. The van der Waals surface area contributed by atoms with E-state index in [1.807, 2.05) is 4.57 Å². The number of fused-ring (bicyclic) bond motifs is 1. The second-order valence-corrected chi connectivity index (χ2v) is 21.9. The summed E-state index contributed by atoms with van der Waals surface area (Å²) in [5.41, 5.74) is 1.05. The van der Waals surface area contributed by atoms with Gasteiger partial charge in [0.05, 0.1) is 10.5 Å². The first-order valence-electron chi connectivity index (χ1n) is 10.2. The van der Waals surface area contributed by atoms with Crippen LogP contribution in [0.1, 0.15) is 5.82 Å². The second-order valence-electron chi connectivity index (χ2n) is 9.88. The van der Waals surface area contributed by atoms with Crippen molar-refractivity contribution >= 4 is 50.4 Å². The number of phenols is 1. The van der Waals surface area contributed by atoms with E-state index in [0.29, 0.717) is 36.8 Å². The Morgan fingerprint density at radius 1 is 0.967 bits per heavy atom. The highest BCUT2D eigenvalue weighted by molar-refractivity contribution is 6.76. The van der Waals surface area contributed by atoms with Crippen molar-refractivity contribution in [3.63, 3.8) is 0 Å². The van der Waals surface area contributed by atoms with Gasteiger partial charge in [0.2, 0.25) is 0 Å². The van der Waals surface area contributed by atoms with E-state index in [1.54, 1.807) is 6.07 Å². The fraction of sp³-hybridized carbons (Fsp3) is 0.650. The van der Waals surface area contributed by atoms with Gasteiger partial charge in [-0.2, -0.15) is 0 Å². The summed E-state index contributed by atoms with van der Waals surface area (Å²) < 4.78 is 19.1. The van der Waals surface area contributed by atoms with Crippen molar-refractivity contribution in [3.05, 3.63) is 21.9 Å². The molecule has 30 heavy (non-hydrogen) atoms. The van der Waals surface area contributed by atoms with Crippen LogP contribution in [0.15, 0.2) is 6.07 Å². The second kappa shape index (κ2) is 10.8. The lowest BCUT2D eigenvalue weighted by molar-refractivity contribution is -0.0609. The monoisotopic (exact) mass is 492 g/mol. The fourth-order valence-electron chi connectivity index (χ4n) is 2.65. The Balaban J connectivity index is 2.09.